The SMILES string of the molecule is O=C(CC1CCN(C/C=C/c2ccc(OC3CCSCC3)cc2)CC1)NC(c1ccccc1)c1ccccc1. The van der Waals surface area contributed by atoms with Gasteiger partial charge in [-0.2, -0.15) is 11.8 Å². The summed E-state index contributed by atoms with van der Waals surface area (Å²) >= 11 is 2.02. The molecule has 3 aromatic rings. The third-order valence-electron chi connectivity index (χ3n) is 7.78. The second kappa shape index (κ2) is 14.4. The first-order valence-electron chi connectivity index (χ1n) is 14.4. The molecule has 0 saturated carbocycles. The van der Waals surface area contributed by atoms with Crippen LogP contribution in [-0.4, -0.2) is 48.1 Å². The molecule has 5 rings (SSSR count). The van der Waals surface area contributed by atoms with Gasteiger partial charge in [-0.3, -0.25) is 9.69 Å². The summed E-state index contributed by atoms with van der Waals surface area (Å²) in [5, 5.41) is 3.31. The van der Waals surface area contributed by atoms with Gasteiger partial charge in [0, 0.05) is 13.0 Å². The van der Waals surface area contributed by atoms with Crippen LogP contribution in [0, 0.1) is 5.92 Å². The van der Waals surface area contributed by atoms with Crippen molar-refractivity contribution in [3.05, 3.63) is 108 Å². The molecule has 0 unspecified atom stereocenters. The van der Waals surface area contributed by atoms with Crippen molar-refractivity contribution in [2.75, 3.05) is 31.1 Å². The Labute approximate surface area is 237 Å². The topological polar surface area (TPSA) is 41.6 Å². The number of likely N-dealkylation sites (tertiary alicyclic amines) is 1. The highest BCUT2D eigenvalue weighted by Crippen LogP contribution is 2.25. The van der Waals surface area contributed by atoms with Crippen molar-refractivity contribution >= 4 is 23.7 Å². The van der Waals surface area contributed by atoms with E-state index in [4.69, 9.17) is 4.74 Å². The number of nitrogens with zero attached hydrogens (tertiary/aromatic N) is 1. The molecule has 0 aromatic heterocycles. The molecule has 4 nitrogen and oxygen atoms in total. The van der Waals surface area contributed by atoms with E-state index in [-0.39, 0.29) is 11.9 Å². The summed E-state index contributed by atoms with van der Waals surface area (Å²) in [5.74, 6) is 3.97. The van der Waals surface area contributed by atoms with Crippen LogP contribution in [0.5, 0.6) is 5.75 Å². The smallest absolute Gasteiger partial charge is 0.221 e. The predicted octanol–water partition coefficient (Wildman–Crippen LogP) is 6.98. The van der Waals surface area contributed by atoms with Crippen LogP contribution >= 0.6 is 11.8 Å². The number of rotatable bonds is 10. The highest BCUT2D eigenvalue weighted by Gasteiger charge is 2.23. The van der Waals surface area contributed by atoms with Gasteiger partial charge in [-0.05, 0) is 85.0 Å². The molecule has 0 bridgehead atoms. The van der Waals surface area contributed by atoms with Gasteiger partial charge in [0.25, 0.3) is 0 Å². The van der Waals surface area contributed by atoms with Crippen molar-refractivity contribution in [3.8, 4) is 5.75 Å². The number of amides is 1. The molecule has 5 heteroatoms. The van der Waals surface area contributed by atoms with E-state index in [0.717, 1.165) is 62.2 Å². The van der Waals surface area contributed by atoms with Crippen molar-refractivity contribution in [1.82, 2.24) is 10.2 Å². The third kappa shape index (κ3) is 8.48. The van der Waals surface area contributed by atoms with E-state index in [1.807, 2.05) is 48.2 Å². The number of hydrogen-bond acceptors (Lipinski definition) is 4. The van der Waals surface area contributed by atoms with Crippen molar-refractivity contribution in [1.29, 1.82) is 0 Å². The molecule has 0 spiro atoms. The van der Waals surface area contributed by atoms with E-state index in [2.05, 4.69) is 70.9 Å². The van der Waals surface area contributed by atoms with Crippen molar-refractivity contribution in [2.24, 2.45) is 5.92 Å². The number of carbonyl (C=O) groups excluding carboxylic acids is 1. The van der Waals surface area contributed by atoms with E-state index in [1.165, 1.54) is 17.1 Å². The van der Waals surface area contributed by atoms with Crippen molar-refractivity contribution in [2.45, 2.75) is 44.2 Å². The van der Waals surface area contributed by atoms with Crippen LogP contribution in [0.1, 0.15) is 54.8 Å². The molecule has 0 aliphatic carbocycles. The summed E-state index contributed by atoms with van der Waals surface area (Å²) in [6.07, 6.45) is 9.84. The van der Waals surface area contributed by atoms with Crippen LogP contribution in [0.2, 0.25) is 0 Å². The van der Waals surface area contributed by atoms with Crippen LogP contribution in [0.25, 0.3) is 6.08 Å². The molecule has 0 atom stereocenters. The molecule has 0 radical (unpaired) electrons. The van der Waals surface area contributed by atoms with Crippen molar-refractivity contribution in [3.63, 3.8) is 0 Å². The molecular formula is C34H40N2O2S. The molecule has 3 aromatic carbocycles. The van der Waals surface area contributed by atoms with E-state index in [0.29, 0.717) is 18.4 Å². The number of ether oxygens (including phenoxy) is 1. The Bertz CT molecular complexity index is 1130. The number of nitrogens with one attached hydrogen (secondary N) is 1. The average molecular weight is 541 g/mol. The van der Waals surface area contributed by atoms with Crippen molar-refractivity contribution < 1.29 is 9.53 Å². The maximum absolute atomic E-state index is 13.1. The number of benzene rings is 3. The monoisotopic (exact) mass is 540 g/mol. The Kier molecular flexibility index (Phi) is 10.2. The summed E-state index contributed by atoms with van der Waals surface area (Å²) in [6, 6.07) is 28.9. The fraction of sp³-hybridized carbons (Fsp3) is 0.382. The highest BCUT2D eigenvalue weighted by atomic mass is 32.2. The molecule has 2 heterocycles. The minimum absolute atomic E-state index is 0.114. The van der Waals surface area contributed by atoms with Crippen LogP contribution in [0.4, 0.5) is 0 Å². The van der Waals surface area contributed by atoms with Gasteiger partial charge >= 0.3 is 0 Å². The Hall–Kier alpha value is -3.02. The lowest BCUT2D eigenvalue weighted by Gasteiger charge is -2.31. The van der Waals surface area contributed by atoms with Crippen LogP contribution in [0.3, 0.4) is 0 Å². The quantitative estimate of drug-likeness (QED) is 0.301. The maximum Gasteiger partial charge on any atom is 0.221 e. The van der Waals surface area contributed by atoms with Crippen LogP contribution in [0.15, 0.2) is 91.0 Å². The fourth-order valence-corrected chi connectivity index (χ4v) is 6.55. The van der Waals surface area contributed by atoms with Gasteiger partial charge in [-0.1, -0.05) is 84.9 Å². The number of carbonyl (C=O) groups is 1. The van der Waals surface area contributed by atoms with Gasteiger partial charge in [0.1, 0.15) is 11.9 Å². The average Bonchev–Trinajstić information content (AvgIpc) is 2.99. The van der Waals surface area contributed by atoms with Gasteiger partial charge in [0.05, 0.1) is 6.04 Å². The fourth-order valence-electron chi connectivity index (χ4n) is 5.49. The second-order valence-corrected chi connectivity index (χ2v) is 11.9. The molecular weight excluding hydrogens is 500 g/mol. The predicted molar refractivity (Wildman–Crippen MR) is 163 cm³/mol. The Balaban J connectivity index is 1.05. The third-order valence-corrected chi connectivity index (χ3v) is 8.83. The summed E-state index contributed by atoms with van der Waals surface area (Å²) in [5.41, 5.74) is 3.44. The van der Waals surface area contributed by atoms with Gasteiger partial charge in [0.2, 0.25) is 5.91 Å². The van der Waals surface area contributed by atoms with Gasteiger partial charge in [0.15, 0.2) is 0 Å². The number of piperidine rings is 1. The zero-order valence-electron chi connectivity index (χ0n) is 22.7. The summed E-state index contributed by atoms with van der Waals surface area (Å²) < 4.78 is 6.14. The summed E-state index contributed by atoms with van der Waals surface area (Å²) in [7, 11) is 0. The minimum Gasteiger partial charge on any atom is -0.490 e. The zero-order chi connectivity index (χ0) is 26.7. The van der Waals surface area contributed by atoms with Crippen LogP contribution < -0.4 is 10.1 Å². The zero-order valence-corrected chi connectivity index (χ0v) is 23.5. The molecule has 2 aliphatic heterocycles. The first kappa shape index (κ1) is 27.5. The first-order chi connectivity index (χ1) is 19.2. The summed E-state index contributed by atoms with van der Waals surface area (Å²) in [4.78, 5) is 15.6. The number of thioether (sulfide) groups is 1. The molecule has 2 aliphatic rings. The maximum atomic E-state index is 13.1. The normalized spacial score (nSPS) is 17.5. The molecule has 204 valence electrons. The van der Waals surface area contributed by atoms with Gasteiger partial charge in [-0.25, -0.2) is 0 Å². The van der Waals surface area contributed by atoms with Crippen LogP contribution in [-0.2, 0) is 4.79 Å². The van der Waals surface area contributed by atoms with Gasteiger partial charge < -0.3 is 10.1 Å². The van der Waals surface area contributed by atoms with E-state index < -0.39 is 0 Å². The minimum atomic E-state index is -0.114. The lowest BCUT2D eigenvalue weighted by Crippen LogP contribution is -2.36. The van der Waals surface area contributed by atoms with E-state index in [1.54, 1.807) is 0 Å². The van der Waals surface area contributed by atoms with E-state index in [9.17, 15) is 4.79 Å². The standard InChI is InChI=1S/C34H40N2O2S/c37-33(35-34(29-9-3-1-4-10-29)30-11-5-2-6-12-30)26-28-17-22-36(23-18-28)21-7-8-27-13-15-31(16-14-27)38-32-19-24-39-25-20-32/h1-16,28,32,34H,17-26H2,(H,35,37)/b8-7+. The number of hydrogen-bond donors (Lipinski definition) is 1. The Morgan fingerprint density at radius 3 is 2.10 bits per heavy atom. The lowest BCUT2D eigenvalue weighted by atomic mass is 9.92. The largest absolute Gasteiger partial charge is 0.490 e. The first-order valence-corrected chi connectivity index (χ1v) is 15.5. The molecule has 1 N–H and O–H groups in total. The Morgan fingerprint density at radius 2 is 1.49 bits per heavy atom. The lowest BCUT2D eigenvalue weighted by molar-refractivity contribution is -0.122. The molecule has 2 saturated heterocycles. The summed E-state index contributed by atoms with van der Waals surface area (Å²) in [6.45, 7) is 3.02. The highest BCUT2D eigenvalue weighted by molar-refractivity contribution is 7.99. The molecule has 1 amide bonds. The second-order valence-electron chi connectivity index (χ2n) is 10.7. The molecule has 39 heavy (non-hydrogen) atoms. The molecule has 2 fully saturated rings. The Morgan fingerprint density at radius 1 is 0.872 bits per heavy atom. The van der Waals surface area contributed by atoms with Gasteiger partial charge in [-0.15, -0.1) is 0 Å². The van der Waals surface area contributed by atoms with E-state index >= 15 is 0 Å².